The Morgan fingerprint density at radius 3 is 2.70 bits per heavy atom. The van der Waals surface area contributed by atoms with Crippen LogP contribution in [0.2, 0.25) is 0 Å². The first kappa shape index (κ1) is 17.8. The molecule has 0 fully saturated rings. The Hall–Kier alpha value is -1.59. The standard InChI is InChI=1S/C18H26N2O2S/c1-4-6-10-16(22-11-5-2)14-9-7-8-13(17(14)21-3)15-12-23-18(19)20-15/h7-9,12,16H,4-6,10-11H2,1-3H3,(H2,19,20). The molecule has 0 saturated heterocycles. The van der Waals surface area contributed by atoms with Crippen LogP contribution in [0.3, 0.4) is 0 Å². The normalized spacial score (nSPS) is 12.3. The molecule has 23 heavy (non-hydrogen) atoms. The number of aromatic nitrogens is 1. The summed E-state index contributed by atoms with van der Waals surface area (Å²) in [6, 6.07) is 6.15. The molecule has 1 atom stereocenters. The molecule has 2 aromatic rings. The monoisotopic (exact) mass is 334 g/mol. The Labute approximate surface area is 142 Å². The summed E-state index contributed by atoms with van der Waals surface area (Å²) in [6.07, 6.45) is 4.34. The number of hydrogen-bond acceptors (Lipinski definition) is 5. The van der Waals surface area contributed by atoms with Crippen LogP contribution in [0.25, 0.3) is 11.3 Å². The lowest BCUT2D eigenvalue weighted by Crippen LogP contribution is -2.08. The fraction of sp³-hybridized carbons (Fsp3) is 0.500. The molecular formula is C18H26N2O2S. The fourth-order valence-electron chi connectivity index (χ4n) is 2.63. The van der Waals surface area contributed by atoms with E-state index in [1.807, 2.05) is 17.5 Å². The van der Waals surface area contributed by atoms with Crippen LogP contribution in [0, 0.1) is 0 Å². The maximum atomic E-state index is 6.10. The number of para-hydroxylation sites is 1. The zero-order valence-electron chi connectivity index (χ0n) is 14.2. The van der Waals surface area contributed by atoms with E-state index in [4.69, 9.17) is 15.2 Å². The number of unbranched alkanes of at least 4 members (excludes halogenated alkanes) is 1. The number of benzene rings is 1. The van der Waals surface area contributed by atoms with Crippen molar-refractivity contribution in [2.24, 2.45) is 0 Å². The smallest absolute Gasteiger partial charge is 0.180 e. The number of nitrogens with zero attached hydrogens (tertiary/aromatic N) is 1. The molecule has 5 heteroatoms. The average Bonchev–Trinajstić information content (AvgIpc) is 3.00. The topological polar surface area (TPSA) is 57.4 Å². The van der Waals surface area contributed by atoms with Crippen molar-refractivity contribution in [2.45, 2.75) is 45.6 Å². The third-order valence-electron chi connectivity index (χ3n) is 3.74. The molecule has 1 heterocycles. The molecule has 1 aromatic carbocycles. The first-order chi connectivity index (χ1) is 11.2. The maximum absolute atomic E-state index is 6.10. The SMILES string of the molecule is CCCCC(OCCC)c1cccc(-c2csc(N)n2)c1OC. The summed E-state index contributed by atoms with van der Waals surface area (Å²) >= 11 is 1.44. The van der Waals surface area contributed by atoms with Crippen LogP contribution in [-0.4, -0.2) is 18.7 Å². The molecule has 4 nitrogen and oxygen atoms in total. The molecule has 0 bridgehead atoms. The van der Waals surface area contributed by atoms with E-state index < -0.39 is 0 Å². The van der Waals surface area contributed by atoms with Gasteiger partial charge >= 0.3 is 0 Å². The molecule has 2 rings (SSSR count). The maximum Gasteiger partial charge on any atom is 0.180 e. The molecule has 1 unspecified atom stereocenters. The van der Waals surface area contributed by atoms with Gasteiger partial charge in [-0.3, -0.25) is 0 Å². The molecular weight excluding hydrogens is 308 g/mol. The van der Waals surface area contributed by atoms with E-state index in [1.165, 1.54) is 11.3 Å². The van der Waals surface area contributed by atoms with Gasteiger partial charge in [0.1, 0.15) is 5.75 Å². The van der Waals surface area contributed by atoms with Crippen molar-refractivity contribution in [3.63, 3.8) is 0 Å². The second-order valence-electron chi connectivity index (χ2n) is 5.50. The van der Waals surface area contributed by atoms with Crippen molar-refractivity contribution in [1.29, 1.82) is 0 Å². The minimum Gasteiger partial charge on any atom is -0.496 e. The van der Waals surface area contributed by atoms with Gasteiger partial charge in [-0.05, 0) is 18.9 Å². The summed E-state index contributed by atoms with van der Waals surface area (Å²) in [4.78, 5) is 4.39. The molecule has 2 N–H and O–H groups in total. The van der Waals surface area contributed by atoms with E-state index in [0.29, 0.717) is 5.13 Å². The van der Waals surface area contributed by atoms with Crippen LogP contribution < -0.4 is 10.5 Å². The highest BCUT2D eigenvalue weighted by molar-refractivity contribution is 7.13. The van der Waals surface area contributed by atoms with Gasteiger partial charge in [-0.2, -0.15) is 0 Å². The molecule has 0 amide bonds. The van der Waals surface area contributed by atoms with Crippen molar-refractivity contribution < 1.29 is 9.47 Å². The Balaban J connectivity index is 2.39. The Morgan fingerprint density at radius 1 is 1.26 bits per heavy atom. The van der Waals surface area contributed by atoms with Crippen LogP contribution in [0.4, 0.5) is 5.13 Å². The van der Waals surface area contributed by atoms with Gasteiger partial charge in [-0.15, -0.1) is 11.3 Å². The second-order valence-corrected chi connectivity index (χ2v) is 6.39. The third-order valence-corrected chi connectivity index (χ3v) is 4.41. The van der Waals surface area contributed by atoms with Crippen molar-refractivity contribution in [1.82, 2.24) is 4.98 Å². The lowest BCUT2D eigenvalue weighted by molar-refractivity contribution is 0.0439. The predicted molar refractivity (Wildman–Crippen MR) is 97.0 cm³/mol. The summed E-state index contributed by atoms with van der Waals surface area (Å²) in [6.45, 7) is 5.08. The van der Waals surface area contributed by atoms with Crippen LogP contribution in [-0.2, 0) is 4.74 Å². The summed E-state index contributed by atoms with van der Waals surface area (Å²) in [5.74, 6) is 0.843. The number of methoxy groups -OCH3 is 1. The minimum atomic E-state index is 0.0563. The predicted octanol–water partition coefficient (Wildman–Crippen LogP) is 5.06. The van der Waals surface area contributed by atoms with E-state index in [1.54, 1.807) is 7.11 Å². The van der Waals surface area contributed by atoms with Gasteiger partial charge in [0.15, 0.2) is 5.13 Å². The van der Waals surface area contributed by atoms with Crippen LogP contribution in [0.5, 0.6) is 5.75 Å². The average molecular weight is 334 g/mol. The highest BCUT2D eigenvalue weighted by Crippen LogP contribution is 2.39. The quantitative estimate of drug-likeness (QED) is 0.696. The van der Waals surface area contributed by atoms with E-state index in [2.05, 4.69) is 24.9 Å². The summed E-state index contributed by atoms with van der Waals surface area (Å²) < 4.78 is 11.8. The van der Waals surface area contributed by atoms with Crippen LogP contribution in [0.1, 0.15) is 51.2 Å². The third kappa shape index (κ3) is 4.45. The van der Waals surface area contributed by atoms with Gasteiger partial charge in [0.2, 0.25) is 0 Å². The van der Waals surface area contributed by atoms with Crippen molar-refractivity contribution in [3.05, 3.63) is 29.1 Å². The molecule has 126 valence electrons. The van der Waals surface area contributed by atoms with Crippen LogP contribution in [0.15, 0.2) is 23.6 Å². The number of rotatable bonds is 9. The van der Waals surface area contributed by atoms with Crippen molar-refractivity contribution in [2.75, 3.05) is 19.5 Å². The van der Waals surface area contributed by atoms with Gasteiger partial charge in [0.05, 0.1) is 18.9 Å². The molecule has 1 aromatic heterocycles. The molecule has 0 spiro atoms. The van der Waals surface area contributed by atoms with Crippen molar-refractivity contribution >= 4 is 16.5 Å². The zero-order chi connectivity index (χ0) is 16.7. The number of ether oxygens (including phenoxy) is 2. The molecule has 0 aliphatic heterocycles. The van der Waals surface area contributed by atoms with Gasteiger partial charge < -0.3 is 15.2 Å². The van der Waals surface area contributed by atoms with Gasteiger partial charge in [0, 0.05) is 23.1 Å². The highest BCUT2D eigenvalue weighted by atomic mass is 32.1. The number of hydrogen-bond donors (Lipinski definition) is 1. The Kier molecular flexibility index (Phi) is 6.86. The first-order valence-electron chi connectivity index (χ1n) is 8.21. The first-order valence-corrected chi connectivity index (χ1v) is 9.09. The largest absolute Gasteiger partial charge is 0.496 e. The number of nitrogens with two attached hydrogens (primary N) is 1. The lowest BCUT2D eigenvalue weighted by atomic mass is 9.98. The summed E-state index contributed by atoms with van der Waals surface area (Å²) in [5, 5.41) is 2.53. The molecule has 0 radical (unpaired) electrons. The summed E-state index contributed by atoms with van der Waals surface area (Å²) in [7, 11) is 1.70. The fourth-order valence-corrected chi connectivity index (χ4v) is 3.19. The minimum absolute atomic E-state index is 0.0563. The molecule has 0 aliphatic carbocycles. The Morgan fingerprint density at radius 2 is 2.09 bits per heavy atom. The van der Waals surface area contributed by atoms with Crippen LogP contribution >= 0.6 is 11.3 Å². The van der Waals surface area contributed by atoms with E-state index in [-0.39, 0.29) is 6.10 Å². The number of anilines is 1. The zero-order valence-corrected chi connectivity index (χ0v) is 15.0. The highest BCUT2D eigenvalue weighted by Gasteiger charge is 2.20. The van der Waals surface area contributed by atoms with Crippen molar-refractivity contribution in [3.8, 4) is 17.0 Å². The molecule has 0 saturated carbocycles. The molecule has 0 aliphatic rings. The lowest BCUT2D eigenvalue weighted by Gasteiger charge is -2.21. The van der Waals surface area contributed by atoms with Gasteiger partial charge in [-0.25, -0.2) is 4.98 Å². The van der Waals surface area contributed by atoms with E-state index in [0.717, 1.165) is 54.9 Å². The van der Waals surface area contributed by atoms with E-state index in [9.17, 15) is 0 Å². The summed E-state index contributed by atoms with van der Waals surface area (Å²) in [5.41, 5.74) is 8.70. The number of nitrogen functional groups attached to an aromatic ring is 1. The second kappa shape index (κ2) is 8.89. The Bertz CT molecular complexity index is 605. The number of thiazole rings is 1. The van der Waals surface area contributed by atoms with Gasteiger partial charge in [-0.1, -0.05) is 38.8 Å². The van der Waals surface area contributed by atoms with E-state index >= 15 is 0 Å². The van der Waals surface area contributed by atoms with Gasteiger partial charge in [0.25, 0.3) is 0 Å².